The first-order valence-electron chi connectivity index (χ1n) is 8.28. The van der Waals surface area contributed by atoms with Crippen LogP contribution in [0.3, 0.4) is 0 Å². The number of rotatable bonds is 4. The zero-order valence-corrected chi connectivity index (χ0v) is 15.2. The lowest BCUT2D eigenvalue weighted by Gasteiger charge is -2.09. The molecule has 1 amide bonds. The SMILES string of the molecule is Cn1c(=O)n(CC(=O)Nc2ccc(-n3cccn3)c(Cl)c2)c2ccccc21. The highest BCUT2D eigenvalue weighted by atomic mass is 35.5. The maximum atomic E-state index is 12.5. The molecule has 0 fully saturated rings. The van der Waals surface area contributed by atoms with Crippen molar-refractivity contribution in [3.63, 3.8) is 0 Å². The second kappa shape index (κ2) is 6.77. The number of imidazole rings is 1. The number of nitrogens with one attached hydrogen (secondary N) is 1. The molecule has 0 bridgehead atoms. The van der Waals surface area contributed by atoms with Crippen molar-refractivity contribution in [2.75, 3.05) is 5.32 Å². The summed E-state index contributed by atoms with van der Waals surface area (Å²) in [5, 5.41) is 7.38. The van der Waals surface area contributed by atoms with E-state index in [1.165, 1.54) is 9.13 Å². The van der Waals surface area contributed by atoms with E-state index >= 15 is 0 Å². The normalized spacial score (nSPS) is 11.0. The zero-order valence-electron chi connectivity index (χ0n) is 14.5. The van der Waals surface area contributed by atoms with Gasteiger partial charge in [0.05, 0.1) is 21.7 Å². The van der Waals surface area contributed by atoms with Gasteiger partial charge in [-0.25, -0.2) is 9.48 Å². The van der Waals surface area contributed by atoms with Crippen LogP contribution in [0, 0.1) is 0 Å². The number of hydrogen-bond donors (Lipinski definition) is 1. The van der Waals surface area contributed by atoms with E-state index < -0.39 is 0 Å². The van der Waals surface area contributed by atoms with Gasteiger partial charge in [0, 0.05) is 25.1 Å². The molecule has 2 aromatic heterocycles. The fourth-order valence-corrected chi connectivity index (χ4v) is 3.31. The fraction of sp³-hybridized carbons (Fsp3) is 0.105. The first-order chi connectivity index (χ1) is 13.0. The van der Waals surface area contributed by atoms with Crippen molar-refractivity contribution in [2.24, 2.45) is 7.05 Å². The minimum atomic E-state index is -0.309. The van der Waals surface area contributed by atoms with E-state index in [-0.39, 0.29) is 18.1 Å². The molecule has 7 nitrogen and oxygen atoms in total. The molecule has 0 saturated carbocycles. The summed E-state index contributed by atoms with van der Waals surface area (Å²) in [5.41, 5.74) is 2.52. The van der Waals surface area contributed by atoms with Crippen LogP contribution in [-0.2, 0) is 18.4 Å². The van der Waals surface area contributed by atoms with Crippen molar-refractivity contribution in [1.29, 1.82) is 0 Å². The number of carbonyl (C=O) groups is 1. The number of aryl methyl sites for hydroxylation is 1. The monoisotopic (exact) mass is 381 g/mol. The van der Waals surface area contributed by atoms with Crippen LogP contribution < -0.4 is 11.0 Å². The van der Waals surface area contributed by atoms with Gasteiger partial charge < -0.3 is 5.32 Å². The Morgan fingerprint density at radius 2 is 1.93 bits per heavy atom. The van der Waals surface area contributed by atoms with E-state index in [1.54, 1.807) is 48.4 Å². The van der Waals surface area contributed by atoms with Crippen molar-refractivity contribution >= 4 is 34.2 Å². The standard InChI is InChI=1S/C19H16ClN5O2/c1-23-16-5-2-3-6-17(16)24(19(23)27)12-18(26)22-13-7-8-15(14(20)11-13)25-10-4-9-21-25/h2-11H,12H2,1H3,(H,22,26). The minimum absolute atomic E-state index is 0.0846. The Labute approximate surface area is 159 Å². The number of amides is 1. The van der Waals surface area contributed by atoms with Crippen LogP contribution in [0.2, 0.25) is 5.02 Å². The quantitative estimate of drug-likeness (QED) is 0.590. The highest BCUT2D eigenvalue weighted by molar-refractivity contribution is 6.32. The smallest absolute Gasteiger partial charge is 0.324 e. The Morgan fingerprint density at radius 1 is 1.15 bits per heavy atom. The van der Waals surface area contributed by atoms with Gasteiger partial charge in [-0.3, -0.25) is 13.9 Å². The molecule has 2 heterocycles. The molecule has 1 N–H and O–H groups in total. The second-order valence-corrected chi connectivity index (χ2v) is 6.49. The summed E-state index contributed by atoms with van der Waals surface area (Å²) in [6.45, 7) is -0.0846. The molecular formula is C19H16ClN5O2. The molecule has 0 spiro atoms. The number of para-hydroxylation sites is 2. The number of carbonyl (C=O) groups excluding carboxylic acids is 1. The minimum Gasteiger partial charge on any atom is -0.324 e. The topological polar surface area (TPSA) is 73.8 Å². The van der Waals surface area contributed by atoms with Crippen molar-refractivity contribution in [3.05, 3.63) is 76.4 Å². The van der Waals surface area contributed by atoms with Gasteiger partial charge in [0.15, 0.2) is 0 Å². The number of benzene rings is 2. The average Bonchev–Trinajstić information content (AvgIpc) is 3.26. The summed E-state index contributed by atoms with van der Waals surface area (Å²) in [5.74, 6) is -0.309. The van der Waals surface area contributed by atoms with Crippen LogP contribution in [0.1, 0.15) is 0 Å². The summed E-state index contributed by atoms with van der Waals surface area (Å²) in [6.07, 6.45) is 3.44. The third-order valence-corrected chi connectivity index (χ3v) is 4.64. The fourth-order valence-electron chi connectivity index (χ4n) is 3.04. The Morgan fingerprint density at radius 3 is 2.63 bits per heavy atom. The molecule has 4 rings (SSSR count). The predicted molar refractivity (Wildman–Crippen MR) is 104 cm³/mol. The largest absolute Gasteiger partial charge is 0.329 e. The van der Waals surface area contributed by atoms with Gasteiger partial charge >= 0.3 is 5.69 Å². The van der Waals surface area contributed by atoms with Crippen molar-refractivity contribution in [2.45, 2.75) is 6.54 Å². The number of halogens is 1. The van der Waals surface area contributed by atoms with E-state index in [4.69, 9.17) is 11.6 Å². The van der Waals surface area contributed by atoms with Crippen LogP contribution in [0.15, 0.2) is 65.7 Å². The van der Waals surface area contributed by atoms with Crippen LogP contribution in [0.5, 0.6) is 0 Å². The van der Waals surface area contributed by atoms with Crippen LogP contribution in [0.4, 0.5) is 5.69 Å². The molecule has 0 atom stereocenters. The highest BCUT2D eigenvalue weighted by Gasteiger charge is 2.14. The Bertz CT molecular complexity index is 1190. The Kier molecular flexibility index (Phi) is 4.29. The molecule has 0 aliphatic carbocycles. The van der Waals surface area contributed by atoms with Crippen molar-refractivity contribution < 1.29 is 4.79 Å². The molecule has 2 aromatic carbocycles. The molecular weight excluding hydrogens is 366 g/mol. The van der Waals surface area contributed by atoms with Crippen molar-refractivity contribution in [1.82, 2.24) is 18.9 Å². The molecule has 0 saturated heterocycles. The summed E-state index contributed by atoms with van der Waals surface area (Å²) >= 11 is 6.30. The van der Waals surface area contributed by atoms with Gasteiger partial charge in [-0.2, -0.15) is 5.10 Å². The van der Waals surface area contributed by atoms with Crippen molar-refractivity contribution in [3.8, 4) is 5.69 Å². The summed E-state index contributed by atoms with van der Waals surface area (Å²) in [6, 6.07) is 14.3. The van der Waals surface area contributed by atoms with E-state index in [9.17, 15) is 9.59 Å². The Balaban J connectivity index is 1.56. The average molecular weight is 382 g/mol. The van der Waals surface area contributed by atoms with Crippen LogP contribution in [-0.4, -0.2) is 24.8 Å². The summed E-state index contributed by atoms with van der Waals surface area (Å²) < 4.78 is 4.62. The molecule has 0 radical (unpaired) electrons. The molecule has 27 heavy (non-hydrogen) atoms. The lowest BCUT2D eigenvalue weighted by atomic mass is 10.2. The summed E-state index contributed by atoms with van der Waals surface area (Å²) in [7, 11) is 1.69. The number of nitrogens with zero attached hydrogens (tertiary/aromatic N) is 4. The van der Waals surface area contributed by atoms with Gasteiger partial charge in [0.2, 0.25) is 5.91 Å². The van der Waals surface area contributed by atoms with Crippen LogP contribution in [0.25, 0.3) is 16.7 Å². The molecule has 8 heteroatoms. The molecule has 0 unspecified atom stereocenters. The molecule has 136 valence electrons. The number of anilines is 1. The maximum absolute atomic E-state index is 12.5. The second-order valence-electron chi connectivity index (χ2n) is 6.08. The van der Waals surface area contributed by atoms with Crippen LogP contribution >= 0.6 is 11.6 Å². The van der Waals surface area contributed by atoms with E-state index in [0.29, 0.717) is 21.9 Å². The third kappa shape index (κ3) is 3.13. The van der Waals surface area contributed by atoms with Gasteiger partial charge in [0.1, 0.15) is 6.54 Å². The van der Waals surface area contributed by atoms with Gasteiger partial charge in [-0.15, -0.1) is 0 Å². The maximum Gasteiger partial charge on any atom is 0.329 e. The first-order valence-corrected chi connectivity index (χ1v) is 8.66. The Hall–Kier alpha value is -3.32. The zero-order chi connectivity index (χ0) is 19.0. The van der Waals surface area contributed by atoms with Gasteiger partial charge in [-0.05, 0) is 36.4 Å². The number of aromatic nitrogens is 4. The number of fused-ring (bicyclic) bond motifs is 1. The highest BCUT2D eigenvalue weighted by Crippen LogP contribution is 2.24. The van der Waals surface area contributed by atoms with E-state index in [1.807, 2.05) is 24.3 Å². The molecule has 0 aliphatic rings. The van der Waals surface area contributed by atoms with E-state index in [0.717, 1.165) is 5.52 Å². The van der Waals surface area contributed by atoms with Gasteiger partial charge in [0.25, 0.3) is 0 Å². The summed E-state index contributed by atoms with van der Waals surface area (Å²) in [4.78, 5) is 24.9. The predicted octanol–water partition coefficient (Wildman–Crippen LogP) is 2.82. The lowest BCUT2D eigenvalue weighted by Crippen LogP contribution is -2.28. The lowest BCUT2D eigenvalue weighted by molar-refractivity contribution is -0.116. The molecule has 0 aliphatic heterocycles. The number of hydrogen-bond acceptors (Lipinski definition) is 3. The molecule has 4 aromatic rings. The first kappa shape index (κ1) is 17.1. The third-order valence-electron chi connectivity index (χ3n) is 4.34. The van der Waals surface area contributed by atoms with E-state index in [2.05, 4.69) is 10.4 Å². The van der Waals surface area contributed by atoms with Gasteiger partial charge in [-0.1, -0.05) is 23.7 Å².